The lowest BCUT2D eigenvalue weighted by Gasteiger charge is -2.22. The monoisotopic (exact) mass is 277 g/mol. The molecule has 5 nitrogen and oxygen atoms in total. The normalized spacial score (nSPS) is 22.6. The van der Waals surface area contributed by atoms with E-state index in [0.29, 0.717) is 13.2 Å². The van der Waals surface area contributed by atoms with E-state index in [4.69, 9.17) is 4.74 Å². The third-order valence-corrected chi connectivity index (χ3v) is 4.71. The molecule has 1 unspecified atom stereocenters. The number of carbonyl (C=O) groups is 1. The molecule has 106 valence electrons. The Morgan fingerprint density at radius 3 is 2.78 bits per heavy atom. The van der Waals surface area contributed by atoms with Crippen LogP contribution in [0.3, 0.4) is 0 Å². The summed E-state index contributed by atoms with van der Waals surface area (Å²) in [7, 11) is -2.98. The van der Waals surface area contributed by atoms with Gasteiger partial charge in [0.1, 0.15) is 0 Å². The van der Waals surface area contributed by atoms with Gasteiger partial charge in [-0.2, -0.15) is 0 Å². The molecule has 0 saturated carbocycles. The van der Waals surface area contributed by atoms with Crippen LogP contribution in [0.15, 0.2) is 0 Å². The molecule has 1 saturated heterocycles. The van der Waals surface area contributed by atoms with Crippen LogP contribution in [0.25, 0.3) is 0 Å². The first-order valence-electron chi connectivity index (χ1n) is 6.63. The zero-order valence-electron chi connectivity index (χ0n) is 11.0. The average molecular weight is 277 g/mol. The van der Waals surface area contributed by atoms with Crippen molar-refractivity contribution in [3.63, 3.8) is 0 Å². The minimum atomic E-state index is -2.98. The van der Waals surface area contributed by atoms with Crippen molar-refractivity contribution in [1.29, 1.82) is 0 Å². The average Bonchev–Trinajstić information content (AvgIpc) is 2.27. The Bertz CT molecular complexity index is 353. The van der Waals surface area contributed by atoms with Crippen molar-refractivity contribution >= 4 is 15.8 Å². The first-order chi connectivity index (χ1) is 8.53. The molecule has 0 aromatic rings. The lowest BCUT2D eigenvalue weighted by atomic mass is 10.2. The maximum atomic E-state index is 11.5. The number of ether oxygens (including phenoxy) is 1. The lowest BCUT2D eigenvalue weighted by Crippen LogP contribution is -2.46. The maximum Gasteiger partial charge on any atom is 0.307 e. The fraction of sp³-hybridized carbons (Fsp3) is 0.917. The summed E-state index contributed by atoms with van der Waals surface area (Å²) in [5.41, 5.74) is 0. The summed E-state index contributed by atoms with van der Waals surface area (Å²) >= 11 is 0. The molecule has 0 radical (unpaired) electrons. The molecule has 1 fully saturated rings. The van der Waals surface area contributed by atoms with Gasteiger partial charge >= 0.3 is 5.97 Å². The van der Waals surface area contributed by atoms with E-state index in [1.54, 1.807) is 0 Å². The molecule has 1 aliphatic heterocycles. The number of hydrogen-bond donors (Lipinski definition) is 1. The number of nitrogens with one attached hydrogen (secondary N) is 1. The summed E-state index contributed by atoms with van der Waals surface area (Å²) in [6.07, 6.45) is 4.40. The predicted molar refractivity (Wildman–Crippen MR) is 70.2 cm³/mol. The van der Waals surface area contributed by atoms with Gasteiger partial charge in [-0.15, -0.1) is 0 Å². The molecule has 1 rings (SSSR count). The molecular formula is C12H23NO4S. The van der Waals surface area contributed by atoms with Gasteiger partial charge in [0.05, 0.1) is 24.5 Å². The summed E-state index contributed by atoms with van der Waals surface area (Å²) in [4.78, 5) is 11.5. The molecular weight excluding hydrogens is 254 g/mol. The predicted octanol–water partition coefficient (Wildman–Crippen LogP) is 0.887. The standard InChI is InChI=1S/C12H23NO4S/c1-2-3-4-5-7-17-12(14)9-11-10-18(15,16)8-6-13-11/h11,13H,2-10H2,1H3. The van der Waals surface area contributed by atoms with Crippen LogP contribution in [-0.4, -0.2) is 45.1 Å². The molecule has 0 spiro atoms. The van der Waals surface area contributed by atoms with E-state index in [0.717, 1.165) is 25.7 Å². The Kier molecular flexibility index (Phi) is 6.63. The minimum absolute atomic E-state index is 0.0396. The van der Waals surface area contributed by atoms with Crippen LogP contribution in [-0.2, 0) is 19.4 Å². The number of carbonyl (C=O) groups excluding carboxylic acids is 1. The summed E-state index contributed by atoms with van der Waals surface area (Å²) in [6, 6.07) is -0.285. The maximum absolute atomic E-state index is 11.5. The first kappa shape index (κ1) is 15.4. The Hall–Kier alpha value is -0.620. The second-order valence-corrected chi connectivity index (χ2v) is 6.98. The smallest absolute Gasteiger partial charge is 0.307 e. The van der Waals surface area contributed by atoms with Gasteiger partial charge in [0.25, 0.3) is 0 Å². The van der Waals surface area contributed by atoms with Gasteiger partial charge in [-0.05, 0) is 6.42 Å². The summed E-state index contributed by atoms with van der Waals surface area (Å²) < 4.78 is 27.9. The quantitative estimate of drug-likeness (QED) is 0.552. The van der Waals surface area contributed by atoms with Crippen LogP contribution in [0.5, 0.6) is 0 Å². The number of rotatable bonds is 7. The Morgan fingerprint density at radius 2 is 2.11 bits per heavy atom. The largest absolute Gasteiger partial charge is 0.466 e. The van der Waals surface area contributed by atoms with Gasteiger partial charge in [-0.25, -0.2) is 8.42 Å². The molecule has 1 aliphatic rings. The molecule has 1 atom stereocenters. The van der Waals surface area contributed by atoms with Crippen LogP contribution in [0.2, 0.25) is 0 Å². The van der Waals surface area contributed by atoms with Crippen molar-refractivity contribution in [3.8, 4) is 0 Å². The fourth-order valence-corrected chi connectivity index (χ4v) is 3.42. The fourth-order valence-electron chi connectivity index (χ4n) is 1.97. The van der Waals surface area contributed by atoms with Crippen molar-refractivity contribution < 1.29 is 17.9 Å². The topological polar surface area (TPSA) is 72.5 Å². The van der Waals surface area contributed by atoms with E-state index in [-0.39, 0.29) is 29.9 Å². The van der Waals surface area contributed by atoms with Crippen molar-refractivity contribution in [2.75, 3.05) is 24.7 Å². The zero-order chi connectivity index (χ0) is 13.4. The first-order valence-corrected chi connectivity index (χ1v) is 8.45. The molecule has 0 aromatic heterocycles. The summed E-state index contributed by atoms with van der Waals surface area (Å²) in [6.45, 7) is 3.00. The van der Waals surface area contributed by atoms with E-state index in [1.807, 2.05) is 0 Å². The van der Waals surface area contributed by atoms with E-state index in [1.165, 1.54) is 0 Å². The van der Waals surface area contributed by atoms with E-state index >= 15 is 0 Å². The van der Waals surface area contributed by atoms with Crippen LogP contribution in [0.4, 0.5) is 0 Å². The highest BCUT2D eigenvalue weighted by atomic mass is 32.2. The Balaban J connectivity index is 2.16. The molecule has 0 amide bonds. The second kappa shape index (κ2) is 7.74. The number of unbranched alkanes of at least 4 members (excludes halogenated alkanes) is 3. The molecule has 1 heterocycles. The molecule has 6 heteroatoms. The van der Waals surface area contributed by atoms with Crippen LogP contribution < -0.4 is 5.32 Å². The van der Waals surface area contributed by atoms with E-state index in [2.05, 4.69) is 12.2 Å². The van der Waals surface area contributed by atoms with Gasteiger partial charge in [0.2, 0.25) is 0 Å². The van der Waals surface area contributed by atoms with Gasteiger partial charge < -0.3 is 10.1 Å². The third kappa shape index (κ3) is 6.35. The van der Waals surface area contributed by atoms with Crippen molar-refractivity contribution in [1.82, 2.24) is 5.32 Å². The van der Waals surface area contributed by atoms with E-state index < -0.39 is 9.84 Å². The number of esters is 1. The SMILES string of the molecule is CCCCCCOC(=O)CC1CS(=O)(=O)CCN1. The summed E-state index contributed by atoms with van der Waals surface area (Å²) in [5, 5.41) is 3.04. The molecule has 1 N–H and O–H groups in total. The third-order valence-electron chi connectivity index (χ3n) is 2.98. The molecule has 0 aliphatic carbocycles. The number of hydrogen-bond acceptors (Lipinski definition) is 5. The highest BCUT2D eigenvalue weighted by molar-refractivity contribution is 7.91. The molecule has 0 aromatic carbocycles. The van der Waals surface area contributed by atoms with Gasteiger partial charge in [-0.1, -0.05) is 26.2 Å². The Morgan fingerprint density at radius 1 is 1.33 bits per heavy atom. The Labute approximate surface area is 109 Å². The second-order valence-electron chi connectivity index (χ2n) is 4.75. The highest BCUT2D eigenvalue weighted by Gasteiger charge is 2.26. The molecule has 18 heavy (non-hydrogen) atoms. The lowest BCUT2D eigenvalue weighted by molar-refractivity contribution is -0.144. The van der Waals surface area contributed by atoms with Crippen LogP contribution in [0, 0.1) is 0 Å². The minimum Gasteiger partial charge on any atom is -0.466 e. The van der Waals surface area contributed by atoms with Gasteiger partial charge in [0.15, 0.2) is 9.84 Å². The van der Waals surface area contributed by atoms with Crippen molar-refractivity contribution in [2.24, 2.45) is 0 Å². The van der Waals surface area contributed by atoms with Crippen molar-refractivity contribution in [3.05, 3.63) is 0 Å². The number of sulfone groups is 1. The highest BCUT2D eigenvalue weighted by Crippen LogP contribution is 2.06. The molecule has 0 bridgehead atoms. The van der Waals surface area contributed by atoms with Gasteiger partial charge in [0, 0.05) is 12.6 Å². The van der Waals surface area contributed by atoms with Crippen molar-refractivity contribution in [2.45, 2.75) is 45.1 Å². The van der Waals surface area contributed by atoms with Crippen LogP contribution >= 0.6 is 0 Å². The van der Waals surface area contributed by atoms with Gasteiger partial charge in [-0.3, -0.25) is 4.79 Å². The summed E-state index contributed by atoms with van der Waals surface area (Å²) in [5.74, 6) is -0.103. The van der Waals surface area contributed by atoms with E-state index in [9.17, 15) is 13.2 Å². The zero-order valence-corrected chi connectivity index (χ0v) is 11.8. The van der Waals surface area contributed by atoms with Crippen LogP contribution in [0.1, 0.15) is 39.0 Å².